The summed E-state index contributed by atoms with van der Waals surface area (Å²) in [4.78, 5) is 14.1. The van der Waals surface area contributed by atoms with Gasteiger partial charge in [-0.3, -0.25) is 4.79 Å². The lowest BCUT2D eigenvalue weighted by Gasteiger charge is -2.21. The lowest BCUT2D eigenvalue weighted by atomic mass is 10.3. The summed E-state index contributed by atoms with van der Waals surface area (Å²) in [6.45, 7) is 8.48. The number of nitrogens with zero attached hydrogens (tertiary/aromatic N) is 3. The van der Waals surface area contributed by atoms with Crippen molar-refractivity contribution in [3.63, 3.8) is 0 Å². The summed E-state index contributed by atoms with van der Waals surface area (Å²) in [7, 11) is 2.08. The predicted octanol–water partition coefficient (Wildman–Crippen LogP) is 1.78. The fourth-order valence-corrected chi connectivity index (χ4v) is 1.89. The first-order chi connectivity index (χ1) is 8.47. The quantitative estimate of drug-likeness (QED) is 0.869. The first-order valence-corrected chi connectivity index (χ1v) is 6.96. The van der Waals surface area contributed by atoms with Crippen LogP contribution >= 0.6 is 15.9 Å². The van der Waals surface area contributed by atoms with Gasteiger partial charge in [0, 0.05) is 25.7 Å². The Morgan fingerprint density at radius 3 is 2.78 bits per heavy atom. The van der Waals surface area contributed by atoms with E-state index < -0.39 is 0 Å². The molecular weight excluding hydrogens is 296 g/mol. The summed E-state index contributed by atoms with van der Waals surface area (Å²) in [6, 6.07) is 0.515. The van der Waals surface area contributed by atoms with Crippen LogP contribution in [0.4, 0.5) is 5.69 Å². The molecule has 5 nitrogen and oxygen atoms in total. The van der Waals surface area contributed by atoms with Crippen molar-refractivity contribution in [2.24, 2.45) is 0 Å². The number of rotatable bonds is 6. The molecule has 0 saturated carbocycles. The molecule has 0 radical (unpaired) electrons. The van der Waals surface area contributed by atoms with Gasteiger partial charge in [-0.2, -0.15) is 5.10 Å². The molecule has 1 heterocycles. The number of aromatic nitrogens is 2. The molecule has 0 aromatic carbocycles. The zero-order valence-corrected chi connectivity index (χ0v) is 13.0. The maximum Gasteiger partial charge on any atom is 0.283 e. The lowest BCUT2D eigenvalue weighted by molar-refractivity contribution is 0.284. The van der Waals surface area contributed by atoms with E-state index in [1.54, 1.807) is 6.20 Å². The normalized spacial score (nSPS) is 11.3. The highest BCUT2D eigenvalue weighted by Gasteiger charge is 2.08. The molecule has 0 amide bonds. The van der Waals surface area contributed by atoms with Crippen LogP contribution in [0.5, 0.6) is 0 Å². The van der Waals surface area contributed by atoms with E-state index in [-0.39, 0.29) is 5.56 Å². The third-order valence-electron chi connectivity index (χ3n) is 2.95. The summed E-state index contributed by atoms with van der Waals surface area (Å²) < 4.78 is 1.97. The topological polar surface area (TPSA) is 50.2 Å². The van der Waals surface area contributed by atoms with Gasteiger partial charge in [0.1, 0.15) is 4.47 Å². The van der Waals surface area contributed by atoms with Gasteiger partial charge in [0.25, 0.3) is 5.56 Å². The zero-order valence-electron chi connectivity index (χ0n) is 11.4. The highest BCUT2D eigenvalue weighted by Crippen LogP contribution is 2.15. The van der Waals surface area contributed by atoms with Crippen LogP contribution in [-0.4, -0.2) is 40.9 Å². The molecule has 0 spiro atoms. The van der Waals surface area contributed by atoms with Crippen LogP contribution in [0.15, 0.2) is 15.5 Å². The smallest absolute Gasteiger partial charge is 0.283 e. The minimum Gasteiger partial charge on any atom is -0.381 e. The Kier molecular flexibility index (Phi) is 5.81. The second-order valence-corrected chi connectivity index (χ2v) is 5.29. The van der Waals surface area contributed by atoms with Gasteiger partial charge in [-0.05, 0) is 43.7 Å². The molecular formula is C12H21BrN4O. The van der Waals surface area contributed by atoms with Crippen molar-refractivity contribution in [1.29, 1.82) is 0 Å². The molecule has 0 atom stereocenters. The minimum absolute atomic E-state index is 0.0975. The molecule has 102 valence electrons. The maximum absolute atomic E-state index is 11.8. The summed E-state index contributed by atoms with van der Waals surface area (Å²) in [5.74, 6) is 0. The Balaban J connectivity index is 2.64. The van der Waals surface area contributed by atoms with Crippen molar-refractivity contribution in [1.82, 2.24) is 14.7 Å². The molecule has 0 aliphatic carbocycles. The predicted molar refractivity (Wildman–Crippen MR) is 78.1 cm³/mol. The summed E-state index contributed by atoms with van der Waals surface area (Å²) in [5.41, 5.74) is 0.654. The Morgan fingerprint density at radius 2 is 2.22 bits per heavy atom. The number of hydrogen-bond acceptors (Lipinski definition) is 4. The Bertz CT molecular complexity index is 444. The standard InChI is InChI=1S/C12H21BrN4O/c1-5-17-12(18)11(13)10(8-15-17)14-6-7-16(4)9(2)3/h8-9,14H,5-7H2,1-4H3. The highest BCUT2D eigenvalue weighted by atomic mass is 79.9. The van der Waals surface area contributed by atoms with Gasteiger partial charge in [0.05, 0.1) is 11.9 Å². The molecule has 6 heteroatoms. The zero-order chi connectivity index (χ0) is 13.7. The monoisotopic (exact) mass is 316 g/mol. The van der Waals surface area contributed by atoms with Gasteiger partial charge in [-0.25, -0.2) is 4.68 Å². The van der Waals surface area contributed by atoms with Crippen molar-refractivity contribution < 1.29 is 0 Å². The number of aryl methyl sites for hydroxylation is 1. The van der Waals surface area contributed by atoms with Crippen molar-refractivity contribution in [3.05, 3.63) is 21.0 Å². The van der Waals surface area contributed by atoms with Gasteiger partial charge < -0.3 is 10.2 Å². The molecule has 0 unspecified atom stereocenters. The van der Waals surface area contributed by atoms with Crippen LogP contribution in [0.2, 0.25) is 0 Å². The van der Waals surface area contributed by atoms with E-state index in [1.807, 2.05) is 6.92 Å². The van der Waals surface area contributed by atoms with Crippen LogP contribution < -0.4 is 10.9 Å². The number of likely N-dealkylation sites (N-methyl/N-ethyl adjacent to an activating group) is 1. The Hall–Kier alpha value is -0.880. The largest absolute Gasteiger partial charge is 0.381 e. The third-order valence-corrected chi connectivity index (χ3v) is 3.71. The van der Waals surface area contributed by atoms with E-state index in [9.17, 15) is 4.79 Å². The number of hydrogen-bond donors (Lipinski definition) is 1. The average molecular weight is 317 g/mol. The van der Waals surface area contributed by atoms with Crippen molar-refractivity contribution in [2.45, 2.75) is 33.4 Å². The SMILES string of the molecule is CCn1ncc(NCCN(C)C(C)C)c(Br)c1=O. The average Bonchev–Trinajstić information content (AvgIpc) is 2.34. The van der Waals surface area contributed by atoms with Gasteiger partial charge in [0.2, 0.25) is 0 Å². The molecule has 0 aliphatic heterocycles. The van der Waals surface area contributed by atoms with Gasteiger partial charge in [-0.1, -0.05) is 0 Å². The van der Waals surface area contributed by atoms with Crippen LogP contribution in [0.3, 0.4) is 0 Å². The maximum atomic E-state index is 11.8. The summed E-state index contributed by atoms with van der Waals surface area (Å²) in [5, 5.41) is 7.31. The highest BCUT2D eigenvalue weighted by molar-refractivity contribution is 9.10. The molecule has 0 bridgehead atoms. The Labute approximate surface area is 116 Å². The molecule has 1 N–H and O–H groups in total. The molecule has 0 aliphatic rings. The number of halogens is 1. The molecule has 1 aromatic heterocycles. The molecule has 1 rings (SSSR count). The van der Waals surface area contributed by atoms with E-state index in [4.69, 9.17) is 0 Å². The van der Waals surface area contributed by atoms with E-state index in [0.717, 1.165) is 18.8 Å². The van der Waals surface area contributed by atoms with Crippen LogP contribution in [-0.2, 0) is 6.54 Å². The first kappa shape index (κ1) is 15.2. The lowest BCUT2D eigenvalue weighted by Crippen LogP contribution is -2.31. The van der Waals surface area contributed by atoms with E-state index in [2.05, 4.69) is 52.1 Å². The third kappa shape index (κ3) is 3.81. The van der Waals surface area contributed by atoms with Crippen molar-refractivity contribution in [2.75, 3.05) is 25.5 Å². The fourth-order valence-electron chi connectivity index (χ4n) is 1.44. The number of anilines is 1. The molecule has 1 aromatic rings. The number of nitrogens with one attached hydrogen (secondary N) is 1. The van der Waals surface area contributed by atoms with Gasteiger partial charge in [-0.15, -0.1) is 0 Å². The summed E-state index contributed by atoms with van der Waals surface area (Å²) in [6.07, 6.45) is 1.68. The van der Waals surface area contributed by atoms with Crippen LogP contribution in [0, 0.1) is 0 Å². The second-order valence-electron chi connectivity index (χ2n) is 4.49. The molecule has 0 fully saturated rings. The van der Waals surface area contributed by atoms with Crippen LogP contribution in [0.25, 0.3) is 0 Å². The fraction of sp³-hybridized carbons (Fsp3) is 0.667. The van der Waals surface area contributed by atoms with Crippen LogP contribution in [0.1, 0.15) is 20.8 Å². The van der Waals surface area contributed by atoms with E-state index in [1.165, 1.54) is 4.68 Å². The molecule has 0 saturated heterocycles. The second kappa shape index (κ2) is 6.89. The van der Waals surface area contributed by atoms with Crippen molar-refractivity contribution in [3.8, 4) is 0 Å². The van der Waals surface area contributed by atoms with Gasteiger partial charge >= 0.3 is 0 Å². The van der Waals surface area contributed by atoms with E-state index in [0.29, 0.717) is 17.1 Å². The Morgan fingerprint density at radius 1 is 1.56 bits per heavy atom. The molecule has 18 heavy (non-hydrogen) atoms. The first-order valence-electron chi connectivity index (χ1n) is 6.17. The summed E-state index contributed by atoms with van der Waals surface area (Å²) >= 11 is 3.32. The minimum atomic E-state index is -0.0975. The van der Waals surface area contributed by atoms with E-state index >= 15 is 0 Å². The van der Waals surface area contributed by atoms with Crippen molar-refractivity contribution >= 4 is 21.6 Å². The van der Waals surface area contributed by atoms with Gasteiger partial charge in [0.15, 0.2) is 0 Å².